The molecule has 2 aromatic rings. The van der Waals surface area contributed by atoms with Crippen LogP contribution in [0.15, 0.2) is 54.1 Å². The third kappa shape index (κ3) is 3.64. The molecule has 26 heavy (non-hydrogen) atoms. The summed E-state index contributed by atoms with van der Waals surface area (Å²) in [6.07, 6.45) is 3.57. The molecule has 0 spiro atoms. The topological polar surface area (TPSA) is 44.8 Å². The van der Waals surface area contributed by atoms with Crippen LogP contribution in [-0.4, -0.2) is 20.2 Å². The fraction of sp³-hybridized carbons (Fsp3) is 0.227. The van der Waals surface area contributed by atoms with Crippen molar-refractivity contribution >= 4 is 17.8 Å². The van der Waals surface area contributed by atoms with Crippen molar-refractivity contribution in [2.45, 2.75) is 19.8 Å². The zero-order valence-electron chi connectivity index (χ0n) is 15.4. The van der Waals surface area contributed by atoms with Crippen LogP contribution in [0, 0.1) is 0 Å². The predicted octanol–water partition coefficient (Wildman–Crippen LogP) is 4.81. The van der Waals surface area contributed by atoms with E-state index >= 15 is 0 Å². The Bertz CT molecular complexity index is 874. The number of cyclic esters (lactones) is 1. The van der Waals surface area contributed by atoms with Gasteiger partial charge in [0.25, 0.3) is 0 Å². The van der Waals surface area contributed by atoms with E-state index in [1.54, 1.807) is 32.4 Å². The van der Waals surface area contributed by atoms with Crippen molar-refractivity contribution in [3.8, 4) is 11.5 Å². The van der Waals surface area contributed by atoms with Crippen molar-refractivity contribution < 1.29 is 19.0 Å². The van der Waals surface area contributed by atoms with Gasteiger partial charge in [0.05, 0.1) is 25.4 Å². The molecule has 1 heterocycles. The normalized spacial score (nSPS) is 15.2. The largest absolute Gasteiger partial charge is 0.497 e. The van der Waals surface area contributed by atoms with Crippen molar-refractivity contribution in [1.29, 1.82) is 0 Å². The molecule has 0 N–H and O–H groups in total. The fourth-order valence-corrected chi connectivity index (χ4v) is 2.78. The minimum atomic E-state index is -0.370. The molecule has 134 valence electrons. The molecule has 0 saturated carbocycles. The summed E-state index contributed by atoms with van der Waals surface area (Å²) in [6.45, 7) is 4.30. The molecule has 0 radical (unpaired) electrons. The maximum absolute atomic E-state index is 12.3. The van der Waals surface area contributed by atoms with Crippen LogP contribution >= 0.6 is 0 Å². The number of benzene rings is 2. The Morgan fingerprint density at radius 1 is 1.00 bits per heavy atom. The molecular formula is C22H22O4. The lowest BCUT2D eigenvalue weighted by Crippen LogP contribution is -1.98. The van der Waals surface area contributed by atoms with E-state index in [9.17, 15) is 4.79 Å². The molecule has 0 amide bonds. The summed E-state index contributed by atoms with van der Waals surface area (Å²) in [5.74, 6) is 1.84. The van der Waals surface area contributed by atoms with Gasteiger partial charge in [0.1, 0.15) is 17.3 Å². The molecular weight excluding hydrogens is 328 g/mol. The van der Waals surface area contributed by atoms with E-state index in [-0.39, 0.29) is 5.97 Å². The first kappa shape index (κ1) is 17.8. The molecule has 0 aliphatic carbocycles. The molecule has 0 unspecified atom stereocenters. The summed E-state index contributed by atoms with van der Waals surface area (Å²) in [5, 5.41) is 0. The third-order valence-electron chi connectivity index (χ3n) is 4.32. The van der Waals surface area contributed by atoms with E-state index in [0.717, 1.165) is 5.56 Å². The smallest absolute Gasteiger partial charge is 0.343 e. The highest BCUT2D eigenvalue weighted by Crippen LogP contribution is 2.35. The minimum Gasteiger partial charge on any atom is -0.497 e. The summed E-state index contributed by atoms with van der Waals surface area (Å²) >= 11 is 0. The molecule has 0 saturated heterocycles. The van der Waals surface area contributed by atoms with E-state index in [1.807, 2.05) is 24.3 Å². The van der Waals surface area contributed by atoms with E-state index in [4.69, 9.17) is 14.2 Å². The van der Waals surface area contributed by atoms with Crippen LogP contribution in [0.4, 0.5) is 0 Å². The van der Waals surface area contributed by atoms with Gasteiger partial charge in [-0.3, -0.25) is 0 Å². The molecule has 1 aliphatic heterocycles. The van der Waals surface area contributed by atoms with Gasteiger partial charge in [0.15, 0.2) is 0 Å². The van der Waals surface area contributed by atoms with Crippen LogP contribution < -0.4 is 9.47 Å². The highest BCUT2D eigenvalue weighted by atomic mass is 16.5. The number of methoxy groups -OCH3 is 2. The highest BCUT2D eigenvalue weighted by Gasteiger charge is 2.24. The minimum absolute atomic E-state index is 0.370. The number of ether oxygens (including phenoxy) is 3. The lowest BCUT2D eigenvalue weighted by atomic mass is 10.0. The van der Waals surface area contributed by atoms with Gasteiger partial charge < -0.3 is 14.2 Å². The second-order valence-corrected chi connectivity index (χ2v) is 6.39. The quantitative estimate of drug-likeness (QED) is 0.573. The summed E-state index contributed by atoms with van der Waals surface area (Å²) in [4.78, 5) is 12.3. The van der Waals surface area contributed by atoms with E-state index < -0.39 is 0 Å². The SMILES string of the molecule is COc1ccc(C2=C/C(=C/c3ccc(C(C)C)cc3)C(=O)O2)c(OC)c1. The number of hydrogen-bond acceptors (Lipinski definition) is 4. The standard InChI is InChI=1S/C22H22O4/c1-14(2)16-7-5-15(6-8-16)11-17-12-21(26-22(17)23)19-10-9-18(24-3)13-20(19)25-4/h5-14H,1-4H3/b17-11-. The summed E-state index contributed by atoms with van der Waals surface area (Å²) < 4.78 is 16.0. The lowest BCUT2D eigenvalue weighted by Gasteiger charge is -2.10. The number of hydrogen-bond donors (Lipinski definition) is 0. The Balaban J connectivity index is 1.91. The van der Waals surface area contributed by atoms with Crippen LogP contribution in [0.3, 0.4) is 0 Å². The van der Waals surface area contributed by atoms with E-state index in [1.165, 1.54) is 5.56 Å². The molecule has 0 fully saturated rings. The molecule has 4 nitrogen and oxygen atoms in total. The molecule has 3 rings (SSSR count). The van der Waals surface area contributed by atoms with Gasteiger partial charge in [0.2, 0.25) is 0 Å². The average Bonchev–Trinajstić information content (AvgIpc) is 3.01. The Hall–Kier alpha value is -3.01. The van der Waals surface area contributed by atoms with Gasteiger partial charge in [-0.15, -0.1) is 0 Å². The second kappa shape index (κ2) is 7.48. The monoisotopic (exact) mass is 350 g/mol. The van der Waals surface area contributed by atoms with Crippen LogP contribution in [0.2, 0.25) is 0 Å². The summed E-state index contributed by atoms with van der Waals surface area (Å²) in [6, 6.07) is 13.6. The van der Waals surface area contributed by atoms with Gasteiger partial charge in [-0.25, -0.2) is 4.79 Å². The second-order valence-electron chi connectivity index (χ2n) is 6.39. The molecule has 1 aliphatic rings. The molecule has 2 aromatic carbocycles. The molecule has 4 heteroatoms. The van der Waals surface area contributed by atoms with Crippen LogP contribution in [-0.2, 0) is 9.53 Å². The van der Waals surface area contributed by atoms with E-state index in [2.05, 4.69) is 26.0 Å². The number of esters is 1. The average molecular weight is 350 g/mol. The number of rotatable bonds is 5. The zero-order chi connectivity index (χ0) is 18.7. The van der Waals surface area contributed by atoms with Gasteiger partial charge in [0, 0.05) is 6.07 Å². The Labute approximate surface area is 153 Å². The third-order valence-corrected chi connectivity index (χ3v) is 4.32. The predicted molar refractivity (Wildman–Crippen MR) is 102 cm³/mol. The van der Waals surface area contributed by atoms with Crippen molar-refractivity contribution in [3.63, 3.8) is 0 Å². The van der Waals surface area contributed by atoms with Crippen LogP contribution in [0.5, 0.6) is 11.5 Å². The highest BCUT2D eigenvalue weighted by molar-refractivity contribution is 6.05. The van der Waals surface area contributed by atoms with Gasteiger partial charge in [-0.2, -0.15) is 0 Å². The first-order chi connectivity index (χ1) is 12.5. The fourth-order valence-electron chi connectivity index (χ4n) is 2.78. The Morgan fingerprint density at radius 3 is 2.35 bits per heavy atom. The van der Waals surface area contributed by atoms with Crippen molar-refractivity contribution in [2.75, 3.05) is 14.2 Å². The Morgan fingerprint density at radius 2 is 1.73 bits per heavy atom. The van der Waals surface area contributed by atoms with Crippen molar-refractivity contribution in [1.82, 2.24) is 0 Å². The van der Waals surface area contributed by atoms with E-state index in [0.29, 0.717) is 34.3 Å². The zero-order valence-corrected chi connectivity index (χ0v) is 15.4. The maximum Gasteiger partial charge on any atom is 0.343 e. The number of carbonyl (C=O) groups is 1. The molecule has 0 aromatic heterocycles. The van der Waals surface area contributed by atoms with Crippen molar-refractivity contribution in [3.05, 3.63) is 70.8 Å². The van der Waals surface area contributed by atoms with Gasteiger partial charge in [-0.1, -0.05) is 38.1 Å². The molecule has 0 atom stereocenters. The van der Waals surface area contributed by atoms with Gasteiger partial charge in [-0.05, 0) is 41.3 Å². The molecule has 0 bridgehead atoms. The van der Waals surface area contributed by atoms with Crippen LogP contribution in [0.25, 0.3) is 11.8 Å². The summed E-state index contributed by atoms with van der Waals surface area (Å²) in [7, 11) is 3.16. The van der Waals surface area contributed by atoms with Gasteiger partial charge >= 0.3 is 5.97 Å². The first-order valence-corrected chi connectivity index (χ1v) is 8.49. The first-order valence-electron chi connectivity index (χ1n) is 8.49. The maximum atomic E-state index is 12.3. The lowest BCUT2D eigenvalue weighted by molar-refractivity contribution is -0.130. The van der Waals surface area contributed by atoms with Crippen LogP contribution in [0.1, 0.15) is 36.5 Å². The Kier molecular flexibility index (Phi) is 5.12. The van der Waals surface area contributed by atoms with Crippen molar-refractivity contribution in [2.24, 2.45) is 0 Å². The number of carbonyl (C=O) groups excluding carboxylic acids is 1. The summed E-state index contributed by atoms with van der Waals surface area (Å²) in [5.41, 5.74) is 3.44.